The molecule has 2 fully saturated rings. The predicted molar refractivity (Wildman–Crippen MR) is 101 cm³/mol. The smallest absolute Gasteiger partial charge is 0.319 e. The Balaban J connectivity index is 1.49. The van der Waals surface area contributed by atoms with Gasteiger partial charge in [-0.1, -0.05) is 30.3 Å². The van der Waals surface area contributed by atoms with Crippen LogP contribution in [0.3, 0.4) is 0 Å². The minimum absolute atomic E-state index is 0.000387. The fourth-order valence-electron chi connectivity index (χ4n) is 4.53. The quantitative estimate of drug-likeness (QED) is 0.731. The molecule has 0 aliphatic carbocycles. The van der Waals surface area contributed by atoms with Crippen LogP contribution in [-0.4, -0.2) is 47.0 Å². The zero-order valence-electron chi connectivity index (χ0n) is 15.8. The number of aromatic nitrogens is 2. The van der Waals surface area contributed by atoms with Crippen LogP contribution in [0.4, 0.5) is 0 Å². The number of benzene rings is 1. The van der Waals surface area contributed by atoms with Crippen molar-refractivity contribution in [1.82, 2.24) is 14.9 Å². The van der Waals surface area contributed by atoms with Gasteiger partial charge >= 0.3 is 6.01 Å². The molecular formula is C21H25N3O3. The summed E-state index contributed by atoms with van der Waals surface area (Å²) < 4.78 is 10.3. The maximum atomic E-state index is 13.1. The molecule has 142 valence electrons. The van der Waals surface area contributed by atoms with E-state index in [1.165, 1.54) is 26.0 Å². The lowest BCUT2D eigenvalue weighted by atomic mass is 9.85. The van der Waals surface area contributed by atoms with Gasteiger partial charge in [-0.15, -0.1) is 0 Å². The van der Waals surface area contributed by atoms with Crippen LogP contribution in [0.5, 0.6) is 11.9 Å². The van der Waals surface area contributed by atoms with Crippen molar-refractivity contribution < 1.29 is 14.3 Å². The van der Waals surface area contributed by atoms with Crippen LogP contribution in [0.1, 0.15) is 41.6 Å². The molecule has 2 aromatic rings. The Bertz CT molecular complexity index is 798. The number of methoxy groups -OCH3 is 2. The van der Waals surface area contributed by atoms with Crippen molar-refractivity contribution in [2.24, 2.45) is 5.92 Å². The summed E-state index contributed by atoms with van der Waals surface area (Å²) in [5.41, 5.74) is 1.80. The van der Waals surface area contributed by atoms with Crippen LogP contribution in [0.25, 0.3) is 0 Å². The van der Waals surface area contributed by atoms with Gasteiger partial charge in [-0.2, -0.15) is 4.98 Å². The fraction of sp³-hybridized carbons (Fsp3) is 0.476. The Hall–Kier alpha value is -2.47. The molecule has 1 aromatic carbocycles. The van der Waals surface area contributed by atoms with Gasteiger partial charge in [0, 0.05) is 30.7 Å². The van der Waals surface area contributed by atoms with Crippen LogP contribution in [-0.2, 0) is 6.54 Å². The molecule has 27 heavy (non-hydrogen) atoms. The standard InChI is InChI=1S/C21H25N3O3/c1-26-20-18(12-22-21(23-20)27-2)19(25)15-10-16-8-9-17(11-15)24(16)13-14-6-4-3-5-7-14/h3-7,12,15-17H,8-11,13H2,1-2H3. The van der Waals surface area contributed by atoms with Crippen LogP contribution >= 0.6 is 0 Å². The third-order valence-electron chi connectivity index (χ3n) is 5.84. The largest absolute Gasteiger partial charge is 0.480 e. The van der Waals surface area contributed by atoms with Crippen molar-refractivity contribution in [3.8, 4) is 11.9 Å². The first kappa shape index (κ1) is 17.9. The van der Waals surface area contributed by atoms with Crippen molar-refractivity contribution in [2.45, 2.75) is 44.3 Å². The highest BCUT2D eigenvalue weighted by Gasteiger charge is 2.43. The van der Waals surface area contributed by atoms with E-state index < -0.39 is 0 Å². The second-order valence-corrected chi connectivity index (χ2v) is 7.36. The molecule has 2 atom stereocenters. The summed E-state index contributed by atoms with van der Waals surface area (Å²) in [6.45, 7) is 0.964. The van der Waals surface area contributed by atoms with Crippen LogP contribution in [0.2, 0.25) is 0 Å². The first-order valence-electron chi connectivity index (χ1n) is 9.48. The Labute approximate surface area is 159 Å². The molecule has 0 spiro atoms. The van der Waals surface area contributed by atoms with Crippen molar-refractivity contribution in [3.05, 3.63) is 47.7 Å². The first-order valence-corrected chi connectivity index (χ1v) is 9.48. The molecule has 0 N–H and O–H groups in total. The van der Waals surface area contributed by atoms with E-state index in [1.54, 1.807) is 0 Å². The second-order valence-electron chi connectivity index (χ2n) is 7.36. The molecule has 1 aromatic heterocycles. The van der Waals surface area contributed by atoms with E-state index in [1.807, 2.05) is 6.07 Å². The number of nitrogens with zero attached hydrogens (tertiary/aromatic N) is 3. The van der Waals surface area contributed by atoms with Gasteiger partial charge in [0.15, 0.2) is 5.78 Å². The average Bonchev–Trinajstić information content (AvgIpc) is 2.94. The Morgan fingerprint density at radius 1 is 1.11 bits per heavy atom. The molecule has 3 heterocycles. The minimum Gasteiger partial charge on any atom is -0.480 e. The zero-order chi connectivity index (χ0) is 18.8. The molecule has 0 amide bonds. The summed E-state index contributed by atoms with van der Waals surface area (Å²) in [4.78, 5) is 24.0. The van der Waals surface area contributed by atoms with E-state index >= 15 is 0 Å². The van der Waals surface area contributed by atoms with E-state index in [-0.39, 0.29) is 17.7 Å². The lowest BCUT2D eigenvalue weighted by Crippen LogP contribution is -2.44. The number of ketones is 1. The number of hydrogen-bond donors (Lipinski definition) is 0. The van der Waals surface area contributed by atoms with Crippen LogP contribution < -0.4 is 9.47 Å². The number of fused-ring (bicyclic) bond motifs is 2. The Morgan fingerprint density at radius 2 is 1.81 bits per heavy atom. The number of piperidine rings is 1. The molecular weight excluding hydrogens is 342 g/mol. The van der Waals surface area contributed by atoms with E-state index in [0.717, 1.165) is 32.2 Å². The number of carbonyl (C=O) groups excluding carboxylic acids is 1. The second kappa shape index (κ2) is 7.64. The lowest BCUT2D eigenvalue weighted by molar-refractivity contribution is 0.0674. The molecule has 4 rings (SSSR count). The fourth-order valence-corrected chi connectivity index (χ4v) is 4.53. The third-order valence-corrected chi connectivity index (χ3v) is 5.84. The number of ether oxygens (including phenoxy) is 2. The Kier molecular flexibility index (Phi) is 5.07. The van der Waals surface area contributed by atoms with Gasteiger partial charge in [-0.3, -0.25) is 9.69 Å². The summed E-state index contributed by atoms with van der Waals surface area (Å²) >= 11 is 0. The number of hydrogen-bond acceptors (Lipinski definition) is 6. The van der Waals surface area contributed by atoms with Crippen molar-refractivity contribution >= 4 is 5.78 Å². The van der Waals surface area contributed by atoms with Crippen molar-refractivity contribution in [2.75, 3.05) is 14.2 Å². The highest BCUT2D eigenvalue weighted by atomic mass is 16.5. The molecule has 2 bridgehead atoms. The van der Waals surface area contributed by atoms with Gasteiger partial charge < -0.3 is 9.47 Å². The minimum atomic E-state index is 0.000387. The van der Waals surface area contributed by atoms with Crippen LogP contribution in [0, 0.1) is 5.92 Å². The van der Waals surface area contributed by atoms with Gasteiger partial charge in [-0.05, 0) is 31.2 Å². The van der Waals surface area contributed by atoms with Gasteiger partial charge in [0.2, 0.25) is 5.88 Å². The summed E-state index contributed by atoms with van der Waals surface area (Å²) in [5.74, 6) is 0.386. The van der Waals surface area contributed by atoms with Crippen molar-refractivity contribution in [3.63, 3.8) is 0 Å². The van der Waals surface area contributed by atoms with Gasteiger partial charge in [0.1, 0.15) is 0 Å². The van der Waals surface area contributed by atoms with Gasteiger partial charge in [0.05, 0.1) is 19.8 Å². The lowest BCUT2D eigenvalue weighted by Gasteiger charge is -2.38. The van der Waals surface area contributed by atoms with E-state index in [9.17, 15) is 4.79 Å². The molecule has 2 saturated heterocycles. The highest BCUT2D eigenvalue weighted by Crippen LogP contribution is 2.41. The number of rotatable bonds is 6. The topological polar surface area (TPSA) is 64.5 Å². The summed E-state index contributed by atoms with van der Waals surface area (Å²) in [7, 11) is 3.02. The first-order chi connectivity index (χ1) is 13.2. The zero-order valence-corrected chi connectivity index (χ0v) is 15.8. The normalized spacial score (nSPS) is 24.6. The molecule has 2 aliphatic rings. The maximum absolute atomic E-state index is 13.1. The van der Waals surface area contributed by atoms with Crippen LogP contribution in [0.15, 0.2) is 36.5 Å². The summed E-state index contributed by atoms with van der Waals surface area (Å²) in [6, 6.07) is 11.7. The van der Waals surface area contributed by atoms with Crippen molar-refractivity contribution in [1.29, 1.82) is 0 Å². The highest BCUT2D eigenvalue weighted by molar-refractivity contribution is 5.99. The molecule has 6 heteroatoms. The molecule has 2 unspecified atom stereocenters. The predicted octanol–water partition coefficient (Wildman–Crippen LogP) is 3.12. The SMILES string of the molecule is COc1ncc(C(=O)C2CC3CCC(C2)N3Cc2ccccc2)c(OC)n1. The Morgan fingerprint density at radius 3 is 2.44 bits per heavy atom. The average molecular weight is 367 g/mol. The maximum Gasteiger partial charge on any atom is 0.319 e. The number of carbonyl (C=O) groups is 1. The molecule has 0 saturated carbocycles. The van der Waals surface area contributed by atoms with E-state index in [2.05, 4.69) is 39.1 Å². The third kappa shape index (κ3) is 3.54. The molecule has 2 aliphatic heterocycles. The number of Topliss-reactive ketones (excluding diaryl/α,β-unsaturated/α-hetero) is 1. The van der Waals surface area contributed by atoms with E-state index in [0.29, 0.717) is 23.5 Å². The summed E-state index contributed by atoms with van der Waals surface area (Å²) in [5, 5.41) is 0. The van der Waals surface area contributed by atoms with E-state index in [4.69, 9.17) is 9.47 Å². The molecule has 0 radical (unpaired) electrons. The van der Waals surface area contributed by atoms with Gasteiger partial charge in [0.25, 0.3) is 0 Å². The van der Waals surface area contributed by atoms with Gasteiger partial charge in [-0.25, -0.2) is 4.98 Å². The summed E-state index contributed by atoms with van der Waals surface area (Å²) in [6.07, 6.45) is 5.63. The molecule has 6 nitrogen and oxygen atoms in total. The monoisotopic (exact) mass is 367 g/mol.